The lowest BCUT2D eigenvalue weighted by atomic mass is 9.95. The van der Waals surface area contributed by atoms with Crippen molar-refractivity contribution in [2.24, 2.45) is 0 Å². The summed E-state index contributed by atoms with van der Waals surface area (Å²) in [5, 5.41) is 5.85. The van der Waals surface area contributed by atoms with E-state index in [1.807, 2.05) is 0 Å². The summed E-state index contributed by atoms with van der Waals surface area (Å²) in [5.41, 5.74) is 0.990. The van der Waals surface area contributed by atoms with Crippen molar-refractivity contribution < 1.29 is 14.0 Å². The number of carbonyl (C=O) groups excluding carboxylic acids is 2. The van der Waals surface area contributed by atoms with Gasteiger partial charge in [0.15, 0.2) is 0 Å². The highest BCUT2D eigenvalue weighted by Gasteiger charge is 2.17. The second-order valence-corrected chi connectivity index (χ2v) is 6.15. The highest BCUT2D eigenvalue weighted by molar-refractivity contribution is 5.99. The number of furan rings is 1. The molecule has 1 aliphatic carbocycles. The van der Waals surface area contributed by atoms with Gasteiger partial charge < -0.3 is 15.1 Å². The fraction of sp³-hybridized carbons (Fsp3) is 0.368. The van der Waals surface area contributed by atoms with Crippen LogP contribution in [0.5, 0.6) is 0 Å². The van der Waals surface area contributed by atoms with E-state index in [-0.39, 0.29) is 17.9 Å². The van der Waals surface area contributed by atoms with Gasteiger partial charge in [-0.15, -0.1) is 0 Å². The van der Waals surface area contributed by atoms with Gasteiger partial charge in [-0.25, -0.2) is 0 Å². The number of rotatable bonds is 5. The van der Waals surface area contributed by atoms with Gasteiger partial charge in [-0.2, -0.15) is 0 Å². The first-order chi connectivity index (χ1) is 11.7. The van der Waals surface area contributed by atoms with Crippen LogP contribution < -0.4 is 10.6 Å². The number of amides is 2. The summed E-state index contributed by atoms with van der Waals surface area (Å²) >= 11 is 0. The van der Waals surface area contributed by atoms with Crippen molar-refractivity contribution in [3.05, 3.63) is 59.5 Å². The van der Waals surface area contributed by atoms with Gasteiger partial charge in [0.25, 0.3) is 11.8 Å². The van der Waals surface area contributed by atoms with Crippen molar-refractivity contribution in [3.8, 4) is 0 Å². The quantitative estimate of drug-likeness (QED) is 0.886. The standard InChI is InChI=1S/C19H22N2O3/c22-18(20-13-17-10-5-11-24-17)14-6-4-7-15(12-14)19(23)21-16-8-2-1-3-9-16/h4-7,10-12,16H,1-3,8-9,13H2,(H,20,22)(H,21,23). The number of hydrogen-bond donors (Lipinski definition) is 2. The molecule has 0 unspecified atom stereocenters. The van der Waals surface area contributed by atoms with Crippen molar-refractivity contribution in [1.29, 1.82) is 0 Å². The molecule has 1 saturated carbocycles. The lowest BCUT2D eigenvalue weighted by molar-refractivity contribution is 0.0927. The molecular weight excluding hydrogens is 304 g/mol. The molecule has 5 heteroatoms. The molecule has 0 saturated heterocycles. The summed E-state index contributed by atoms with van der Waals surface area (Å²) < 4.78 is 5.19. The first-order valence-electron chi connectivity index (χ1n) is 8.44. The van der Waals surface area contributed by atoms with Gasteiger partial charge in [0, 0.05) is 17.2 Å². The first kappa shape index (κ1) is 16.3. The maximum atomic E-state index is 12.4. The SMILES string of the molecule is O=C(NCc1ccco1)c1cccc(C(=O)NC2CCCCC2)c1. The van der Waals surface area contributed by atoms with E-state index in [2.05, 4.69) is 10.6 Å². The van der Waals surface area contributed by atoms with Gasteiger partial charge >= 0.3 is 0 Å². The summed E-state index contributed by atoms with van der Waals surface area (Å²) in [6.45, 7) is 0.324. The van der Waals surface area contributed by atoms with Crippen LogP contribution in [0.15, 0.2) is 47.1 Å². The maximum Gasteiger partial charge on any atom is 0.251 e. The van der Waals surface area contributed by atoms with Crippen LogP contribution in [0.4, 0.5) is 0 Å². The molecule has 0 radical (unpaired) electrons. The van der Waals surface area contributed by atoms with Crippen LogP contribution in [-0.4, -0.2) is 17.9 Å². The van der Waals surface area contributed by atoms with Crippen LogP contribution in [0.1, 0.15) is 58.6 Å². The van der Waals surface area contributed by atoms with E-state index in [0.717, 1.165) is 12.8 Å². The number of benzene rings is 1. The van der Waals surface area contributed by atoms with Gasteiger partial charge in [-0.3, -0.25) is 9.59 Å². The molecular formula is C19H22N2O3. The summed E-state index contributed by atoms with van der Waals surface area (Å²) in [7, 11) is 0. The minimum atomic E-state index is -0.223. The molecule has 1 aliphatic rings. The van der Waals surface area contributed by atoms with Crippen molar-refractivity contribution in [3.63, 3.8) is 0 Å². The van der Waals surface area contributed by atoms with Gasteiger partial charge in [0.1, 0.15) is 5.76 Å². The Morgan fingerprint density at radius 1 is 1.00 bits per heavy atom. The van der Waals surface area contributed by atoms with Crippen LogP contribution in [-0.2, 0) is 6.54 Å². The molecule has 1 aromatic carbocycles. The molecule has 2 amide bonds. The molecule has 5 nitrogen and oxygen atoms in total. The van der Waals surface area contributed by atoms with E-state index < -0.39 is 0 Å². The van der Waals surface area contributed by atoms with Crippen molar-refractivity contribution in [2.45, 2.75) is 44.7 Å². The number of nitrogens with one attached hydrogen (secondary N) is 2. The third-order valence-corrected chi connectivity index (χ3v) is 4.33. The van der Waals surface area contributed by atoms with Gasteiger partial charge in [-0.1, -0.05) is 25.3 Å². The van der Waals surface area contributed by atoms with E-state index in [0.29, 0.717) is 23.4 Å². The van der Waals surface area contributed by atoms with Crippen molar-refractivity contribution in [1.82, 2.24) is 10.6 Å². The maximum absolute atomic E-state index is 12.4. The molecule has 0 spiro atoms. The highest BCUT2D eigenvalue weighted by Crippen LogP contribution is 2.18. The Bertz CT molecular complexity index is 688. The Morgan fingerprint density at radius 2 is 1.75 bits per heavy atom. The molecule has 24 heavy (non-hydrogen) atoms. The molecule has 2 aromatic rings. The lowest BCUT2D eigenvalue weighted by Crippen LogP contribution is -2.36. The second-order valence-electron chi connectivity index (χ2n) is 6.15. The Balaban J connectivity index is 1.60. The first-order valence-corrected chi connectivity index (χ1v) is 8.44. The van der Waals surface area contributed by atoms with Gasteiger partial charge in [-0.05, 0) is 43.2 Å². The summed E-state index contributed by atoms with van der Waals surface area (Å²) in [5.74, 6) is 0.357. The average Bonchev–Trinajstić information content (AvgIpc) is 3.14. The predicted molar refractivity (Wildman–Crippen MR) is 90.7 cm³/mol. The fourth-order valence-electron chi connectivity index (χ4n) is 3.00. The molecule has 1 aromatic heterocycles. The zero-order valence-corrected chi connectivity index (χ0v) is 13.6. The molecule has 0 bridgehead atoms. The Kier molecular flexibility index (Phi) is 5.31. The van der Waals surface area contributed by atoms with Crippen molar-refractivity contribution >= 4 is 11.8 Å². The third-order valence-electron chi connectivity index (χ3n) is 4.33. The largest absolute Gasteiger partial charge is 0.467 e. The van der Waals surface area contributed by atoms with E-state index in [4.69, 9.17) is 4.42 Å². The van der Waals surface area contributed by atoms with E-state index in [1.54, 1.807) is 42.7 Å². The zero-order chi connectivity index (χ0) is 16.8. The monoisotopic (exact) mass is 326 g/mol. The minimum Gasteiger partial charge on any atom is -0.467 e. The molecule has 3 rings (SSSR count). The van der Waals surface area contributed by atoms with E-state index in [1.165, 1.54) is 19.3 Å². The summed E-state index contributed by atoms with van der Waals surface area (Å²) in [6, 6.07) is 10.6. The predicted octanol–water partition coefficient (Wildman–Crippen LogP) is 3.27. The summed E-state index contributed by atoms with van der Waals surface area (Å²) in [6.07, 6.45) is 7.22. The van der Waals surface area contributed by atoms with Crippen LogP contribution in [0.3, 0.4) is 0 Å². The van der Waals surface area contributed by atoms with Crippen LogP contribution >= 0.6 is 0 Å². The smallest absolute Gasteiger partial charge is 0.251 e. The molecule has 2 N–H and O–H groups in total. The van der Waals surface area contributed by atoms with Gasteiger partial charge in [0.2, 0.25) is 0 Å². The summed E-state index contributed by atoms with van der Waals surface area (Å²) in [4.78, 5) is 24.6. The molecule has 0 aliphatic heterocycles. The Morgan fingerprint density at radius 3 is 2.46 bits per heavy atom. The Labute approximate surface area is 141 Å². The van der Waals surface area contributed by atoms with E-state index >= 15 is 0 Å². The normalized spacial score (nSPS) is 15.0. The number of hydrogen-bond acceptors (Lipinski definition) is 3. The lowest BCUT2D eigenvalue weighted by Gasteiger charge is -2.22. The molecule has 1 fully saturated rings. The topological polar surface area (TPSA) is 71.3 Å². The average molecular weight is 326 g/mol. The molecule has 1 heterocycles. The number of carbonyl (C=O) groups is 2. The molecule has 126 valence electrons. The van der Waals surface area contributed by atoms with Crippen LogP contribution in [0, 0.1) is 0 Å². The van der Waals surface area contributed by atoms with Gasteiger partial charge in [0.05, 0.1) is 12.8 Å². The van der Waals surface area contributed by atoms with Crippen molar-refractivity contribution in [2.75, 3.05) is 0 Å². The second kappa shape index (κ2) is 7.81. The van der Waals surface area contributed by atoms with Crippen LogP contribution in [0.25, 0.3) is 0 Å². The zero-order valence-electron chi connectivity index (χ0n) is 13.6. The minimum absolute atomic E-state index is 0.109. The van der Waals surface area contributed by atoms with E-state index in [9.17, 15) is 9.59 Å². The Hall–Kier alpha value is -2.56. The fourth-order valence-corrected chi connectivity index (χ4v) is 3.00. The van der Waals surface area contributed by atoms with Crippen LogP contribution in [0.2, 0.25) is 0 Å². The third kappa shape index (κ3) is 4.25. The molecule has 0 atom stereocenters. The highest BCUT2D eigenvalue weighted by atomic mass is 16.3.